The van der Waals surface area contributed by atoms with Crippen LogP contribution in [0.4, 0.5) is 34.1 Å². The topological polar surface area (TPSA) is 158 Å². The van der Waals surface area contributed by atoms with Gasteiger partial charge in [-0.15, -0.1) is 0 Å². The number of piperidine rings is 2. The Hall–Kier alpha value is -4.77. The molecular formula is C43H59ClF3N7O7. The Bertz CT molecular complexity index is 1870. The molecule has 5 rings (SSSR count). The average Bonchev–Trinajstić information content (AvgIpc) is 3.39. The molecule has 2 fully saturated rings. The molecular weight excluding hydrogens is 819 g/mol. The highest BCUT2D eigenvalue weighted by Crippen LogP contribution is 2.38. The summed E-state index contributed by atoms with van der Waals surface area (Å²) in [5.74, 6) is -0.643. The number of fused-ring (bicyclic) bond motifs is 1. The van der Waals surface area contributed by atoms with Gasteiger partial charge in [-0.05, 0) is 93.8 Å². The number of hydrogen-bond donors (Lipinski definition) is 2. The summed E-state index contributed by atoms with van der Waals surface area (Å²) < 4.78 is 52.7. The molecule has 336 valence electrons. The number of benzene rings is 2. The molecule has 0 spiro atoms. The lowest BCUT2D eigenvalue weighted by Crippen LogP contribution is -2.51. The zero-order chi connectivity index (χ0) is 44.4. The quantitative estimate of drug-likeness (QED) is 0.158. The number of halogens is 4. The van der Waals surface area contributed by atoms with Crippen molar-refractivity contribution >= 4 is 52.9 Å². The second kappa shape index (κ2) is 21.3. The summed E-state index contributed by atoms with van der Waals surface area (Å²) in [7, 11) is 5.32. The fourth-order valence-electron chi connectivity index (χ4n) is 8.20. The number of para-hydroxylation sites is 1. The monoisotopic (exact) mass is 877 g/mol. The minimum absolute atomic E-state index is 0.0221. The van der Waals surface area contributed by atoms with Crippen LogP contribution in [0.2, 0.25) is 5.02 Å². The summed E-state index contributed by atoms with van der Waals surface area (Å²) in [5, 5.41) is 2.64. The highest BCUT2D eigenvalue weighted by atomic mass is 35.5. The number of esters is 1. The first-order valence-corrected chi connectivity index (χ1v) is 21.4. The van der Waals surface area contributed by atoms with Crippen LogP contribution in [0.3, 0.4) is 0 Å². The van der Waals surface area contributed by atoms with Crippen molar-refractivity contribution in [2.75, 3.05) is 84.6 Å². The maximum absolute atomic E-state index is 14.0. The van der Waals surface area contributed by atoms with E-state index in [0.29, 0.717) is 51.9 Å². The first kappa shape index (κ1) is 47.3. The second-order valence-corrected chi connectivity index (χ2v) is 17.0. The van der Waals surface area contributed by atoms with Crippen LogP contribution in [-0.4, -0.2) is 140 Å². The van der Waals surface area contributed by atoms with Crippen molar-refractivity contribution in [3.05, 3.63) is 58.1 Å². The molecule has 2 aromatic carbocycles. The third-order valence-corrected chi connectivity index (χ3v) is 12.4. The molecule has 2 aromatic rings. The standard InChI is InChI=1S/C43H59ClF3N7O7/c1-28(30-12-18-52(19-13-30)37(55)9-10-38(56)60-24-23-50(2)3)11-17-51(4)40(57)36(27-29-25-33(43(45,46)47)39(48)34(44)26-29)61-42(59)53-20-15-32(16-21-53)54-22-14-31-7-5-6-8-35(31)49-41(54)58/h5-8,25-26,28,30,32,36H,9-24,27,48H2,1-4H3,(H,49,58)/t28?,36-/m1/s1. The zero-order valence-corrected chi connectivity index (χ0v) is 36.2. The largest absolute Gasteiger partial charge is 0.464 e. The third-order valence-electron chi connectivity index (χ3n) is 12.1. The minimum atomic E-state index is -4.81. The Morgan fingerprint density at radius 3 is 2.30 bits per heavy atom. The van der Waals surface area contributed by atoms with Gasteiger partial charge < -0.3 is 45.0 Å². The lowest BCUT2D eigenvalue weighted by molar-refractivity contribution is -0.146. The number of ether oxygens (including phenoxy) is 2. The first-order valence-electron chi connectivity index (χ1n) is 21.0. The summed E-state index contributed by atoms with van der Waals surface area (Å²) >= 11 is 6.13. The molecule has 0 bridgehead atoms. The molecule has 3 N–H and O–H groups in total. The average molecular weight is 878 g/mol. The number of urea groups is 1. The van der Waals surface area contributed by atoms with E-state index in [9.17, 15) is 37.1 Å². The van der Waals surface area contributed by atoms with E-state index in [-0.39, 0.29) is 85.9 Å². The summed E-state index contributed by atoms with van der Waals surface area (Å²) in [6.07, 6.45) is -3.61. The van der Waals surface area contributed by atoms with Gasteiger partial charge in [-0.2, -0.15) is 13.2 Å². The minimum Gasteiger partial charge on any atom is -0.464 e. The molecule has 3 aliphatic heterocycles. The highest BCUT2D eigenvalue weighted by molar-refractivity contribution is 6.33. The summed E-state index contributed by atoms with van der Waals surface area (Å²) in [4.78, 5) is 74.0. The highest BCUT2D eigenvalue weighted by Gasteiger charge is 2.37. The van der Waals surface area contributed by atoms with Gasteiger partial charge >= 0.3 is 24.3 Å². The SMILES string of the molecule is CC(CCN(C)C(=O)[C@@H](Cc1cc(Cl)c(N)c(C(F)(F)F)c1)OC(=O)N1CCC(N2CCc3ccccc3NC2=O)CC1)C1CCN(C(=O)CCC(=O)OCCN(C)C)CC1. The molecule has 0 aromatic heterocycles. The van der Waals surface area contributed by atoms with Gasteiger partial charge in [-0.1, -0.05) is 36.7 Å². The number of likely N-dealkylation sites (tertiary alicyclic amines) is 2. The predicted molar refractivity (Wildman–Crippen MR) is 225 cm³/mol. The van der Waals surface area contributed by atoms with E-state index in [0.717, 1.165) is 30.2 Å². The van der Waals surface area contributed by atoms with Crippen molar-refractivity contribution in [2.24, 2.45) is 11.8 Å². The number of alkyl halides is 3. The smallest absolute Gasteiger partial charge is 0.418 e. The molecule has 2 saturated heterocycles. The molecule has 0 aliphatic carbocycles. The number of carbonyl (C=O) groups excluding carboxylic acids is 5. The third kappa shape index (κ3) is 13.1. The van der Waals surface area contributed by atoms with Crippen LogP contribution in [0.25, 0.3) is 0 Å². The lowest BCUT2D eigenvalue weighted by atomic mass is 9.83. The van der Waals surface area contributed by atoms with Gasteiger partial charge in [0.1, 0.15) is 6.61 Å². The predicted octanol–water partition coefficient (Wildman–Crippen LogP) is 6.15. The zero-order valence-electron chi connectivity index (χ0n) is 35.5. The molecule has 18 heteroatoms. The van der Waals surface area contributed by atoms with Crippen molar-refractivity contribution in [1.82, 2.24) is 24.5 Å². The molecule has 1 unspecified atom stereocenters. The van der Waals surface area contributed by atoms with Crippen LogP contribution in [0.15, 0.2) is 36.4 Å². The van der Waals surface area contributed by atoms with Gasteiger partial charge in [0, 0.05) is 77.4 Å². The van der Waals surface area contributed by atoms with Crippen LogP contribution in [0.5, 0.6) is 0 Å². The van der Waals surface area contributed by atoms with Gasteiger partial charge in [0.15, 0.2) is 6.10 Å². The number of nitrogen functional groups attached to an aromatic ring is 1. The van der Waals surface area contributed by atoms with Gasteiger partial charge in [0.25, 0.3) is 5.91 Å². The second-order valence-electron chi connectivity index (χ2n) is 16.6. The maximum Gasteiger partial charge on any atom is 0.418 e. The van der Waals surface area contributed by atoms with Crippen molar-refractivity contribution < 1.29 is 46.6 Å². The Labute approximate surface area is 360 Å². The molecule has 5 amide bonds. The first-order chi connectivity index (χ1) is 28.9. The van der Waals surface area contributed by atoms with Crippen LogP contribution >= 0.6 is 11.6 Å². The Balaban J connectivity index is 1.16. The van der Waals surface area contributed by atoms with Crippen molar-refractivity contribution in [2.45, 2.75) is 83.0 Å². The number of hydrogen-bond acceptors (Lipinski definition) is 9. The number of likely N-dealkylation sites (N-methyl/N-ethyl adjacent to an activating group) is 2. The van der Waals surface area contributed by atoms with Crippen molar-refractivity contribution in [1.29, 1.82) is 0 Å². The molecule has 0 radical (unpaired) electrons. The van der Waals surface area contributed by atoms with Crippen LogP contribution in [0, 0.1) is 11.8 Å². The maximum atomic E-state index is 14.0. The fraction of sp³-hybridized carbons (Fsp3) is 0.605. The number of rotatable bonds is 15. The number of nitrogens with zero attached hydrogens (tertiary/aromatic N) is 5. The molecule has 0 saturated carbocycles. The normalized spacial score (nSPS) is 17.6. The van der Waals surface area contributed by atoms with E-state index in [4.69, 9.17) is 26.8 Å². The number of nitrogens with one attached hydrogen (secondary N) is 1. The van der Waals surface area contributed by atoms with Crippen molar-refractivity contribution in [3.8, 4) is 0 Å². The van der Waals surface area contributed by atoms with E-state index in [2.05, 4.69) is 12.2 Å². The summed E-state index contributed by atoms with van der Waals surface area (Å²) in [6, 6.07) is 9.35. The van der Waals surface area contributed by atoms with Gasteiger partial charge in [0.05, 0.1) is 22.7 Å². The lowest BCUT2D eigenvalue weighted by Gasteiger charge is -2.38. The molecule has 2 atom stereocenters. The van der Waals surface area contributed by atoms with Gasteiger partial charge in [-0.25, -0.2) is 9.59 Å². The Morgan fingerprint density at radius 2 is 1.62 bits per heavy atom. The van der Waals surface area contributed by atoms with Crippen molar-refractivity contribution in [3.63, 3.8) is 0 Å². The van der Waals surface area contributed by atoms with E-state index < -0.39 is 41.5 Å². The van der Waals surface area contributed by atoms with E-state index in [1.165, 1.54) is 15.9 Å². The van der Waals surface area contributed by atoms with Crippen LogP contribution < -0.4 is 11.1 Å². The molecule has 3 heterocycles. The summed E-state index contributed by atoms with van der Waals surface area (Å²) in [5.41, 5.74) is 5.72. The molecule has 3 aliphatic rings. The van der Waals surface area contributed by atoms with E-state index >= 15 is 0 Å². The summed E-state index contributed by atoms with van der Waals surface area (Å²) in [6.45, 7) is 5.35. The van der Waals surface area contributed by atoms with Crippen LogP contribution in [0.1, 0.15) is 68.6 Å². The molecule has 14 nitrogen and oxygen atoms in total. The van der Waals surface area contributed by atoms with E-state index in [1.807, 2.05) is 43.3 Å². The number of amides is 5. The fourth-order valence-corrected chi connectivity index (χ4v) is 8.44. The van der Waals surface area contributed by atoms with Gasteiger partial charge in [0.2, 0.25) is 5.91 Å². The van der Waals surface area contributed by atoms with Crippen LogP contribution in [-0.2, 0) is 42.9 Å². The number of anilines is 2. The molecule has 61 heavy (non-hydrogen) atoms. The van der Waals surface area contributed by atoms with Gasteiger partial charge in [-0.3, -0.25) is 14.4 Å². The Morgan fingerprint density at radius 1 is 0.951 bits per heavy atom. The Kier molecular flexibility index (Phi) is 16.5. The number of carbonyl (C=O) groups is 5. The number of nitrogens with two attached hydrogens (primary N) is 1. The van der Waals surface area contributed by atoms with E-state index in [1.54, 1.807) is 16.8 Å².